The standard InChI is InChI=1S/C37H67N3O15P2/c1-27(2)18-14-10-6-5-7-13-17-21-33(42)53-29(24-50-32(41)20-16-12-9-8-11-15-19-28(3)4)25-51-56(46,47)55-57(48,49)52-26-30-34(43)35(44)36(54-30)40-23-22-31(38)39-37(40)45/h22-23,27-30,34-36,43-44H,5-21,24-26H2,1-4H3,(H,46,47)(H,48,49)(H2,38,39,45)/t29-,30-,34+,35?,36-/m1/s1. The highest BCUT2D eigenvalue weighted by molar-refractivity contribution is 7.61. The molecule has 2 heterocycles. The van der Waals surface area contributed by atoms with Crippen LogP contribution in [0.2, 0.25) is 0 Å². The molecule has 3 unspecified atom stereocenters. The molecule has 1 fully saturated rings. The third-order valence-electron chi connectivity index (χ3n) is 9.30. The van der Waals surface area contributed by atoms with Crippen LogP contribution in [-0.2, 0) is 46.3 Å². The first-order chi connectivity index (χ1) is 26.9. The summed E-state index contributed by atoms with van der Waals surface area (Å²) in [6.07, 6.45) is 8.68. The number of carbonyl (C=O) groups is 2. The first kappa shape index (κ1) is 50.9. The lowest BCUT2D eigenvalue weighted by atomic mass is 10.0. The van der Waals surface area contributed by atoms with Gasteiger partial charge >= 0.3 is 33.3 Å². The molecule has 1 aromatic heterocycles. The highest BCUT2D eigenvalue weighted by atomic mass is 31.3. The van der Waals surface area contributed by atoms with Gasteiger partial charge in [0.2, 0.25) is 0 Å². The number of esters is 2. The second-order valence-electron chi connectivity index (χ2n) is 15.5. The Bertz CT molecular complexity index is 1480. The zero-order valence-corrected chi connectivity index (χ0v) is 35.8. The molecule has 1 aromatic rings. The van der Waals surface area contributed by atoms with Crippen LogP contribution in [0.15, 0.2) is 17.1 Å². The smallest absolute Gasteiger partial charge is 0.462 e. The van der Waals surface area contributed by atoms with E-state index in [9.17, 15) is 43.5 Å². The van der Waals surface area contributed by atoms with Crippen LogP contribution in [0.25, 0.3) is 0 Å². The third-order valence-corrected chi connectivity index (χ3v) is 11.9. The number of aliphatic hydroxyl groups excluding tert-OH is 2. The maximum atomic E-state index is 12.7. The molecule has 2 rings (SSSR count). The van der Waals surface area contributed by atoms with E-state index in [1.165, 1.54) is 38.2 Å². The van der Waals surface area contributed by atoms with Gasteiger partial charge in [0.05, 0.1) is 13.2 Å². The van der Waals surface area contributed by atoms with Gasteiger partial charge in [0.15, 0.2) is 12.3 Å². The number of carbonyl (C=O) groups excluding carboxylic acids is 2. The normalized spacial score (nSPS) is 21.0. The van der Waals surface area contributed by atoms with E-state index < -0.39 is 83.7 Å². The lowest BCUT2D eigenvalue weighted by Crippen LogP contribution is -2.36. The molecular formula is C37H67N3O15P2. The summed E-state index contributed by atoms with van der Waals surface area (Å²) >= 11 is 0. The van der Waals surface area contributed by atoms with Crippen LogP contribution in [0.4, 0.5) is 5.82 Å². The zero-order chi connectivity index (χ0) is 42.4. The van der Waals surface area contributed by atoms with Gasteiger partial charge in [-0.2, -0.15) is 9.29 Å². The lowest BCUT2D eigenvalue weighted by molar-refractivity contribution is -0.161. The fourth-order valence-electron chi connectivity index (χ4n) is 6.09. The van der Waals surface area contributed by atoms with Crippen LogP contribution in [0, 0.1) is 11.8 Å². The molecular weight excluding hydrogens is 788 g/mol. The van der Waals surface area contributed by atoms with Crippen molar-refractivity contribution in [1.82, 2.24) is 9.55 Å². The molecule has 6 N–H and O–H groups in total. The molecule has 20 heteroatoms. The van der Waals surface area contributed by atoms with Crippen LogP contribution in [-0.4, -0.2) is 85.7 Å². The Morgan fingerprint density at radius 3 is 1.84 bits per heavy atom. The van der Waals surface area contributed by atoms with Gasteiger partial charge in [-0.15, -0.1) is 0 Å². The van der Waals surface area contributed by atoms with Crippen LogP contribution in [0.1, 0.15) is 143 Å². The van der Waals surface area contributed by atoms with Gasteiger partial charge in [0, 0.05) is 19.0 Å². The Labute approximate surface area is 336 Å². The molecule has 18 nitrogen and oxygen atoms in total. The predicted octanol–water partition coefficient (Wildman–Crippen LogP) is 6.09. The molecule has 1 aliphatic heterocycles. The average molecular weight is 856 g/mol. The van der Waals surface area contributed by atoms with Crippen LogP contribution in [0.5, 0.6) is 0 Å². The minimum absolute atomic E-state index is 0.0516. The van der Waals surface area contributed by atoms with Crippen molar-refractivity contribution in [3.8, 4) is 0 Å². The minimum Gasteiger partial charge on any atom is -0.462 e. The number of hydrogen-bond acceptors (Lipinski definition) is 15. The van der Waals surface area contributed by atoms with E-state index in [0.717, 1.165) is 62.1 Å². The first-order valence-electron chi connectivity index (χ1n) is 20.3. The molecule has 1 saturated heterocycles. The summed E-state index contributed by atoms with van der Waals surface area (Å²) in [5.74, 6) is 0.0641. The van der Waals surface area contributed by atoms with Gasteiger partial charge in [-0.05, 0) is 30.7 Å². The molecule has 0 bridgehead atoms. The molecule has 0 aliphatic carbocycles. The van der Waals surface area contributed by atoms with Gasteiger partial charge in [0.1, 0.15) is 30.7 Å². The number of hydrogen-bond donors (Lipinski definition) is 5. The summed E-state index contributed by atoms with van der Waals surface area (Å²) in [7, 11) is -10.8. The maximum absolute atomic E-state index is 12.7. The number of phosphoric ester groups is 2. The monoisotopic (exact) mass is 855 g/mol. The highest BCUT2D eigenvalue weighted by Gasteiger charge is 2.46. The summed E-state index contributed by atoms with van der Waals surface area (Å²) in [6.45, 7) is 6.51. The lowest BCUT2D eigenvalue weighted by Gasteiger charge is -2.21. The first-order valence-corrected chi connectivity index (χ1v) is 23.3. The Morgan fingerprint density at radius 1 is 0.789 bits per heavy atom. The Balaban J connectivity index is 1.88. The Hall–Kier alpha value is -2.24. The molecule has 0 spiro atoms. The van der Waals surface area contributed by atoms with E-state index in [2.05, 4.69) is 37.0 Å². The topological polar surface area (TPSA) is 265 Å². The van der Waals surface area contributed by atoms with E-state index in [4.69, 9.17) is 29.0 Å². The van der Waals surface area contributed by atoms with Crippen molar-refractivity contribution in [2.45, 2.75) is 167 Å². The van der Waals surface area contributed by atoms with Crippen molar-refractivity contribution in [3.63, 3.8) is 0 Å². The van der Waals surface area contributed by atoms with Crippen LogP contribution < -0.4 is 11.4 Å². The predicted molar refractivity (Wildman–Crippen MR) is 210 cm³/mol. The van der Waals surface area contributed by atoms with Crippen molar-refractivity contribution in [2.24, 2.45) is 11.8 Å². The SMILES string of the molecule is CC(C)CCCCCCCCCC(=O)O[C@H](COC(=O)CCCCCCCCC(C)C)COP(=O)(O)OP(=O)(O)OC[C@H]1O[C@@H](n2ccc(N)nc2=O)C(O)[C@H]1O. The number of nitrogen functional groups attached to an aromatic ring is 1. The van der Waals surface area contributed by atoms with Gasteiger partial charge in [-0.3, -0.25) is 23.2 Å². The number of nitrogens with two attached hydrogens (primary N) is 1. The Kier molecular flexibility index (Phi) is 23.9. The summed E-state index contributed by atoms with van der Waals surface area (Å²) < 4.78 is 56.3. The number of rotatable bonds is 31. The molecule has 0 aromatic carbocycles. The van der Waals surface area contributed by atoms with Gasteiger partial charge in [0.25, 0.3) is 0 Å². The molecule has 0 saturated carbocycles. The number of aliphatic hydroxyl groups is 2. The van der Waals surface area contributed by atoms with E-state index in [-0.39, 0.29) is 18.7 Å². The summed E-state index contributed by atoms with van der Waals surface area (Å²) in [6, 6.07) is 1.24. The minimum atomic E-state index is -5.41. The van der Waals surface area contributed by atoms with Crippen molar-refractivity contribution >= 4 is 33.4 Å². The maximum Gasteiger partial charge on any atom is 0.481 e. The number of phosphoric acid groups is 2. The quantitative estimate of drug-likeness (QED) is 0.0321. The fourth-order valence-corrected chi connectivity index (χ4v) is 8.20. The van der Waals surface area contributed by atoms with Gasteiger partial charge < -0.3 is 39.9 Å². The van der Waals surface area contributed by atoms with Crippen molar-refractivity contribution < 1.29 is 66.3 Å². The fraction of sp³-hybridized carbons (Fsp3) is 0.838. The highest BCUT2D eigenvalue weighted by Crippen LogP contribution is 2.60. The average Bonchev–Trinajstić information content (AvgIpc) is 3.40. The summed E-state index contributed by atoms with van der Waals surface area (Å²) in [5, 5.41) is 20.8. The number of aromatic nitrogens is 2. The van der Waals surface area contributed by atoms with Crippen molar-refractivity contribution in [3.05, 3.63) is 22.7 Å². The van der Waals surface area contributed by atoms with E-state index in [1.54, 1.807) is 0 Å². The largest absolute Gasteiger partial charge is 0.481 e. The summed E-state index contributed by atoms with van der Waals surface area (Å²) in [4.78, 5) is 61.3. The van der Waals surface area contributed by atoms with Crippen molar-refractivity contribution in [2.75, 3.05) is 25.6 Å². The van der Waals surface area contributed by atoms with Crippen molar-refractivity contribution in [1.29, 1.82) is 0 Å². The van der Waals surface area contributed by atoms with E-state index in [1.807, 2.05) is 0 Å². The summed E-state index contributed by atoms with van der Waals surface area (Å²) in [5.41, 5.74) is 4.56. The number of nitrogens with zero attached hydrogens (tertiary/aromatic N) is 2. The molecule has 1 aliphatic rings. The zero-order valence-electron chi connectivity index (χ0n) is 34.0. The number of unbranched alkanes of at least 4 members (excludes halogenated alkanes) is 11. The number of anilines is 1. The molecule has 0 amide bonds. The molecule has 0 radical (unpaired) electrons. The third kappa shape index (κ3) is 22.1. The molecule has 57 heavy (non-hydrogen) atoms. The number of ether oxygens (including phenoxy) is 3. The second-order valence-corrected chi connectivity index (χ2v) is 18.5. The van der Waals surface area contributed by atoms with Crippen LogP contribution in [0.3, 0.4) is 0 Å². The van der Waals surface area contributed by atoms with Crippen LogP contribution >= 0.6 is 15.6 Å². The van der Waals surface area contributed by atoms with Gasteiger partial charge in [-0.25, -0.2) is 13.9 Å². The second kappa shape index (κ2) is 26.8. The van der Waals surface area contributed by atoms with Gasteiger partial charge in [-0.1, -0.05) is 111 Å². The van der Waals surface area contributed by atoms with E-state index in [0.29, 0.717) is 24.7 Å². The molecule has 330 valence electrons. The van der Waals surface area contributed by atoms with E-state index >= 15 is 0 Å². The Morgan fingerprint density at radius 2 is 1.30 bits per heavy atom. The molecule has 7 atom stereocenters.